The molecule has 0 spiro atoms. The molecule has 0 unspecified atom stereocenters. The molecule has 106 valence electrons. The van der Waals surface area contributed by atoms with Crippen LogP contribution in [0.15, 0.2) is 42.5 Å². The molecule has 1 aromatic heterocycles. The van der Waals surface area contributed by atoms with E-state index in [1.165, 1.54) is 0 Å². The maximum atomic E-state index is 5.79. The summed E-state index contributed by atoms with van der Waals surface area (Å²) in [6.45, 7) is 7.14. The average Bonchev–Trinajstić information content (AvgIpc) is 2.36. The summed E-state index contributed by atoms with van der Waals surface area (Å²) in [7, 11) is 0. The molecular formula is C16H19IN2O. The maximum Gasteiger partial charge on any atom is 0.219 e. The van der Waals surface area contributed by atoms with Crippen LogP contribution in [0.1, 0.15) is 26.5 Å². The Balaban J connectivity index is 2.06. The quantitative estimate of drug-likeness (QED) is 0.798. The standard InChI is InChI=1S/C16H19IN2O/c1-16(2,3)18-11-13-7-5-9-15(19-13)20-14-8-4-6-12(17)10-14/h4-10,18H,11H2,1-3H3. The first kappa shape index (κ1) is 15.3. The summed E-state index contributed by atoms with van der Waals surface area (Å²) >= 11 is 2.27. The van der Waals surface area contributed by atoms with E-state index in [1.54, 1.807) is 0 Å². The summed E-state index contributed by atoms with van der Waals surface area (Å²) in [6, 6.07) is 13.8. The first-order chi connectivity index (χ1) is 9.42. The lowest BCUT2D eigenvalue weighted by atomic mass is 10.1. The van der Waals surface area contributed by atoms with E-state index in [-0.39, 0.29) is 5.54 Å². The van der Waals surface area contributed by atoms with Crippen molar-refractivity contribution in [3.63, 3.8) is 0 Å². The van der Waals surface area contributed by atoms with Crippen LogP contribution in [-0.4, -0.2) is 10.5 Å². The smallest absolute Gasteiger partial charge is 0.219 e. The monoisotopic (exact) mass is 382 g/mol. The van der Waals surface area contributed by atoms with Gasteiger partial charge in [-0.25, -0.2) is 4.98 Å². The Morgan fingerprint density at radius 1 is 1.15 bits per heavy atom. The molecule has 1 aromatic carbocycles. The van der Waals surface area contributed by atoms with Gasteiger partial charge in [0.2, 0.25) is 5.88 Å². The van der Waals surface area contributed by atoms with E-state index in [4.69, 9.17) is 4.74 Å². The largest absolute Gasteiger partial charge is 0.439 e. The van der Waals surface area contributed by atoms with Crippen molar-refractivity contribution in [1.82, 2.24) is 10.3 Å². The number of aromatic nitrogens is 1. The number of nitrogens with one attached hydrogen (secondary N) is 1. The maximum absolute atomic E-state index is 5.79. The molecule has 4 heteroatoms. The predicted molar refractivity (Wildman–Crippen MR) is 90.1 cm³/mol. The first-order valence-corrected chi connectivity index (χ1v) is 7.65. The molecule has 0 atom stereocenters. The van der Waals surface area contributed by atoms with Crippen molar-refractivity contribution >= 4 is 22.6 Å². The summed E-state index contributed by atoms with van der Waals surface area (Å²) in [5.41, 5.74) is 1.05. The normalized spacial score (nSPS) is 11.4. The number of hydrogen-bond acceptors (Lipinski definition) is 3. The Bertz CT molecular complexity index is 579. The Labute approximate surface area is 133 Å². The van der Waals surface area contributed by atoms with E-state index in [1.807, 2.05) is 42.5 Å². The van der Waals surface area contributed by atoms with Crippen LogP contribution >= 0.6 is 22.6 Å². The van der Waals surface area contributed by atoms with Crippen LogP contribution in [0.3, 0.4) is 0 Å². The fraction of sp³-hybridized carbons (Fsp3) is 0.312. The van der Waals surface area contributed by atoms with Gasteiger partial charge in [0.15, 0.2) is 0 Å². The van der Waals surface area contributed by atoms with Gasteiger partial charge in [0.1, 0.15) is 5.75 Å². The molecule has 0 amide bonds. The molecule has 0 aliphatic heterocycles. The molecule has 0 saturated heterocycles. The van der Waals surface area contributed by atoms with Gasteiger partial charge in [0.05, 0.1) is 5.69 Å². The van der Waals surface area contributed by atoms with Crippen LogP contribution in [0.5, 0.6) is 11.6 Å². The average molecular weight is 382 g/mol. The van der Waals surface area contributed by atoms with Crippen LogP contribution in [0.4, 0.5) is 0 Å². The Kier molecular flexibility index (Phi) is 4.99. The highest BCUT2D eigenvalue weighted by molar-refractivity contribution is 14.1. The Morgan fingerprint density at radius 3 is 2.60 bits per heavy atom. The second-order valence-electron chi connectivity index (χ2n) is 5.63. The van der Waals surface area contributed by atoms with Crippen molar-refractivity contribution in [3.8, 4) is 11.6 Å². The van der Waals surface area contributed by atoms with Gasteiger partial charge in [-0.1, -0.05) is 12.1 Å². The van der Waals surface area contributed by atoms with Gasteiger partial charge in [-0.2, -0.15) is 0 Å². The highest BCUT2D eigenvalue weighted by atomic mass is 127. The van der Waals surface area contributed by atoms with Gasteiger partial charge in [0.25, 0.3) is 0 Å². The molecule has 0 saturated carbocycles. The van der Waals surface area contributed by atoms with Crippen LogP contribution in [0, 0.1) is 3.57 Å². The van der Waals surface area contributed by atoms with E-state index in [0.717, 1.165) is 21.6 Å². The highest BCUT2D eigenvalue weighted by Gasteiger charge is 2.09. The van der Waals surface area contributed by atoms with E-state index >= 15 is 0 Å². The summed E-state index contributed by atoms with van der Waals surface area (Å²) in [5, 5.41) is 3.42. The van der Waals surface area contributed by atoms with E-state index in [9.17, 15) is 0 Å². The lowest BCUT2D eigenvalue weighted by Gasteiger charge is -2.20. The van der Waals surface area contributed by atoms with Gasteiger partial charge in [-0.3, -0.25) is 0 Å². The third-order valence-corrected chi connectivity index (χ3v) is 3.27. The van der Waals surface area contributed by atoms with Crippen LogP contribution in [0.25, 0.3) is 0 Å². The summed E-state index contributed by atoms with van der Waals surface area (Å²) in [6.07, 6.45) is 0. The number of pyridine rings is 1. The lowest BCUT2D eigenvalue weighted by molar-refractivity contribution is 0.416. The van der Waals surface area contributed by atoms with Crippen molar-refractivity contribution in [2.75, 3.05) is 0 Å². The third-order valence-electron chi connectivity index (χ3n) is 2.60. The summed E-state index contributed by atoms with van der Waals surface area (Å²) in [5.74, 6) is 1.44. The van der Waals surface area contributed by atoms with Crippen LogP contribution < -0.4 is 10.1 Å². The fourth-order valence-electron chi connectivity index (χ4n) is 1.62. The highest BCUT2D eigenvalue weighted by Crippen LogP contribution is 2.21. The van der Waals surface area contributed by atoms with Gasteiger partial charge in [-0.15, -0.1) is 0 Å². The molecular weight excluding hydrogens is 363 g/mol. The zero-order chi connectivity index (χ0) is 14.6. The van der Waals surface area contributed by atoms with E-state index in [2.05, 4.69) is 53.7 Å². The number of benzene rings is 1. The molecule has 0 radical (unpaired) electrons. The zero-order valence-electron chi connectivity index (χ0n) is 12.0. The summed E-state index contributed by atoms with van der Waals surface area (Å²) < 4.78 is 6.93. The molecule has 1 heterocycles. The third kappa shape index (κ3) is 5.09. The molecule has 0 aliphatic rings. The van der Waals surface area contributed by atoms with Crippen molar-refractivity contribution in [3.05, 3.63) is 51.7 Å². The van der Waals surface area contributed by atoms with Crippen molar-refractivity contribution in [2.24, 2.45) is 0 Å². The summed E-state index contributed by atoms with van der Waals surface area (Å²) in [4.78, 5) is 4.51. The molecule has 2 rings (SSSR count). The second-order valence-corrected chi connectivity index (χ2v) is 6.88. The molecule has 0 fully saturated rings. The minimum Gasteiger partial charge on any atom is -0.439 e. The van der Waals surface area contributed by atoms with Crippen LogP contribution in [-0.2, 0) is 6.54 Å². The predicted octanol–water partition coefficient (Wildman–Crippen LogP) is 4.37. The molecule has 3 nitrogen and oxygen atoms in total. The fourth-order valence-corrected chi connectivity index (χ4v) is 2.13. The zero-order valence-corrected chi connectivity index (χ0v) is 14.1. The molecule has 0 bridgehead atoms. The van der Waals surface area contributed by atoms with E-state index < -0.39 is 0 Å². The van der Waals surface area contributed by atoms with Crippen molar-refractivity contribution < 1.29 is 4.74 Å². The van der Waals surface area contributed by atoms with Gasteiger partial charge < -0.3 is 10.1 Å². The minimum atomic E-state index is 0.0775. The van der Waals surface area contributed by atoms with Gasteiger partial charge in [-0.05, 0) is 67.6 Å². The van der Waals surface area contributed by atoms with Crippen molar-refractivity contribution in [1.29, 1.82) is 0 Å². The number of rotatable bonds is 4. The number of halogens is 1. The van der Waals surface area contributed by atoms with Gasteiger partial charge >= 0.3 is 0 Å². The lowest BCUT2D eigenvalue weighted by Crippen LogP contribution is -2.35. The molecule has 2 aromatic rings. The SMILES string of the molecule is CC(C)(C)NCc1cccc(Oc2cccc(I)c2)n1. The Morgan fingerprint density at radius 2 is 1.90 bits per heavy atom. The number of ether oxygens (including phenoxy) is 1. The minimum absolute atomic E-state index is 0.0775. The van der Waals surface area contributed by atoms with Crippen LogP contribution in [0.2, 0.25) is 0 Å². The van der Waals surface area contributed by atoms with E-state index in [0.29, 0.717) is 5.88 Å². The molecule has 1 N–H and O–H groups in total. The molecule has 0 aliphatic carbocycles. The number of hydrogen-bond donors (Lipinski definition) is 1. The van der Waals surface area contributed by atoms with Crippen molar-refractivity contribution in [2.45, 2.75) is 32.9 Å². The topological polar surface area (TPSA) is 34.1 Å². The first-order valence-electron chi connectivity index (χ1n) is 6.57. The second kappa shape index (κ2) is 6.54. The Hall–Kier alpha value is -1.14. The number of nitrogens with zero attached hydrogens (tertiary/aromatic N) is 1. The van der Waals surface area contributed by atoms with Gasteiger partial charge in [0, 0.05) is 21.7 Å². The molecule has 20 heavy (non-hydrogen) atoms.